The van der Waals surface area contributed by atoms with Gasteiger partial charge in [0.1, 0.15) is 12.1 Å². The third kappa shape index (κ3) is 3.64. The number of aliphatic hydroxyl groups is 1. The van der Waals surface area contributed by atoms with E-state index in [1.807, 2.05) is 0 Å². The number of carbonyl (C=O) groups is 1. The molecule has 0 aliphatic carbocycles. The summed E-state index contributed by atoms with van der Waals surface area (Å²) >= 11 is 0. The number of hydrogen-bond acceptors (Lipinski definition) is 4. The lowest BCUT2D eigenvalue weighted by Crippen LogP contribution is -2.34. The van der Waals surface area contributed by atoms with E-state index in [2.05, 4.69) is 10.3 Å². The second kappa shape index (κ2) is 5.42. The second-order valence-corrected chi connectivity index (χ2v) is 3.14. The van der Waals surface area contributed by atoms with Crippen molar-refractivity contribution in [3.63, 3.8) is 0 Å². The summed E-state index contributed by atoms with van der Waals surface area (Å²) in [6.45, 7) is -0.0573. The van der Waals surface area contributed by atoms with Crippen LogP contribution in [0.3, 0.4) is 0 Å². The molecule has 2 unspecified atom stereocenters. The van der Waals surface area contributed by atoms with Gasteiger partial charge in [-0.25, -0.2) is 4.79 Å². The first-order valence-corrected chi connectivity index (χ1v) is 4.57. The van der Waals surface area contributed by atoms with Crippen molar-refractivity contribution < 1.29 is 14.6 Å². The molecule has 15 heavy (non-hydrogen) atoms. The van der Waals surface area contributed by atoms with Crippen molar-refractivity contribution >= 4 is 18.1 Å². The summed E-state index contributed by atoms with van der Waals surface area (Å²) in [5.41, 5.74) is 5.17. The van der Waals surface area contributed by atoms with E-state index in [-0.39, 0.29) is 18.5 Å². The molecule has 1 saturated heterocycles. The first-order chi connectivity index (χ1) is 7.15. The number of hydrogen-bond donors (Lipinski definition) is 4. The standard InChI is InChI=1S/C8H14N4O3/c9-3-6(10)11-8(14)12-7-2-1-5(4-13)15-7/h3,5,7,9,13H,1-2,4H2,(H3,10,11,12,14). The molecule has 7 heteroatoms. The van der Waals surface area contributed by atoms with Gasteiger partial charge in [-0.2, -0.15) is 4.99 Å². The molecule has 0 bridgehead atoms. The zero-order valence-electron chi connectivity index (χ0n) is 8.14. The highest BCUT2D eigenvalue weighted by Crippen LogP contribution is 2.16. The number of ether oxygens (including phenoxy) is 1. The number of aliphatic hydroxyl groups excluding tert-OH is 1. The van der Waals surface area contributed by atoms with Gasteiger partial charge in [-0.05, 0) is 12.8 Å². The lowest BCUT2D eigenvalue weighted by molar-refractivity contribution is 0.00299. The first-order valence-electron chi connectivity index (χ1n) is 4.57. The normalized spacial score (nSPS) is 26.3. The first kappa shape index (κ1) is 11.6. The maximum Gasteiger partial charge on any atom is 0.344 e. The van der Waals surface area contributed by atoms with Gasteiger partial charge in [0.05, 0.1) is 18.9 Å². The van der Waals surface area contributed by atoms with E-state index in [0.29, 0.717) is 12.8 Å². The van der Waals surface area contributed by atoms with Gasteiger partial charge in [-0.3, -0.25) is 0 Å². The van der Waals surface area contributed by atoms with Crippen LogP contribution in [0.15, 0.2) is 4.99 Å². The molecule has 84 valence electrons. The average molecular weight is 214 g/mol. The van der Waals surface area contributed by atoms with Gasteiger partial charge in [0, 0.05) is 0 Å². The highest BCUT2D eigenvalue weighted by atomic mass is 16.5. The summed E-state index contributed by atoms with van der Waals surface area (Å²) in [5.74, 6) is -0.163. The number of aliphatic imine (C=N–C) groups is 1. The molecule has 0 saturated carbocycles. The molecule has 1 aliphatic rings. The molecule has 0 aromatic carbocycles. The molecule has 7 nitrogen and oxygen atoms in total. The Morgan fingerprint density at radius 2 is 2.47 bits per heavy atom. The molecular formula is C8H14N4O3. The second-order valence-electron chi connectivity index (χ2n) is 3.14. The van der Waals surface area contributed by atoms with E-state index in [1.54, 1.807) is 0 Å². The minimum atomic E-state index is -0.639. The zero-order chi connectivity index (χ0) is 11.3. The summed E-state index contributed by atoms with van der Waals surface area (Å²) in [4.78, 5) is 14.5. The number of nitrogens with zero attached hydrogens (tertiary/aromatic N) is 1. The van der Waals surface area contributed by atoms with Gasteiger partial charge in [0.2, 0.25) is 0 Å². The maximum atomic E-state index is 11.1. The lowest BCUT2D eigenvalue weighted by Gasteiger charge is -2.11. The summed E-state index contributed by atoms with van der Waals surface area (Å²) in [7, 11) is 0. The van der Waals surface area contributed by atoms with Crippen molar-refractivity contribution in [3.05, 3.63) is 0 Å². The Kier molecular flexibility index (Phi) is 4.19. The fraction of sp³-hybridized carbons (Fsp3) is 0.625. The Morgan fingerprint density at radius 1 is 1.73 bits per heavy atom. The van der Waals surface area contributed by atoms with Gasteiger partial charge in [-0.15, -0.1) is 0 Å². The van der Waals surface area contributed by atoms with Crippen molar-refractivity contribution in [2.45, 2.75) is 25.2 Å². The zero-order valence-corrected chi connectivity index (χ0v) is 8.14. The minimum Gasteiger partial charge on any atom is -0.394 e. The molecular weight excluding hydrogens is 200 g/mol. The maximum absolute atomic E-state index is 11.1. The van der Waals surface area contributed by atoms with Crippen molar-refractivity contribution in [1.82, 2.24) is 5.32 Å². The summed E-state index contributed by atoms with van der Waals surface area (Å²) in [6.07, 6.45) is 1.46. The third-order valence-corrected chi connectivity index (χ3v) is 1.97. The summed E-state index contributed by atoms with van der Waals surface area (Å²) in [5, 5.41) is 18.0. The largest absolute Gasteiger partial charge is 0.394 e. The van der Waals surface area contributed by atoms with Crippen molar-refractivity contribution in [3.8, 4) is 0 Å². The van der Waals surface area contributed by atoms with Gasteiger partial charge in [0.15, 0.2) is 0 Å². The Bertz CT molecular complexity index is 279. The van der Waals surface area contributed by atoms with Crippen LogP contribution in [0.5, 0.6) is 0 Å². The summed E-state index contributed by atoms with van der Waals surface area (Å²) < 4.78 is 5.25. The number of rotatable bonds is 3. The molecule has 0 spiro atoms. The number of amides is 2. The van der Waals surface area contributed by atoms with Crippen molar-refractivity contribution in [2.24, 2.45) is 10.7 Å². The number of amidine groups is 1. The van der Waals surface area contributed by atoms with Gasteiger partial charge >= 0.3 is 6.03 Å². The van der Waals surface area contributed by atoms with Crippen LogP contribution in [0.2, 0.25) is 0 Å². The van der Waals surface area contributed by atoms with Gasteiger partial charge in [-0.1, -0.05) is 0 Å². The van der Waals surface area contributed by atoms with E-state index in [1.165, 1.54) is 0 Å². The molecule has 5 N–H and O–H groups in total. The predicted molar refractivity (Wildman–Crippen MR) is 53.9 cm³/mol. The SMILES string of the molecule is N=C/C(N)=N\C(=O)NC1CCC(CO)O1. The Balaban J connectivity index is 2.37. The van der Waals surface area contributed by atoms with E-state index in [4.69, 9.17) is 21.0 Å². The quantitative estimate of drug-likeness (QED) is 0.363. The van der Waals surface area contributed by atoms with Crippen LogP contribution in [0.25, 0.3) is 0 Å². The smallest absolute Gasteiger partial charge is 0.344 e. The van der Waals surface area contributed by atoms with Crippen LogP contribution < -0.4 is 11.1 Å². The van der Waals surface area contributed by atoms with Crippen molar-refractivity contribution in [2.75, 3.05) is 6.61 Å². The number of nitrogens with two attached hydrogens (primary N) is 1. The fourth-order valence-corrected chi connectivity index (χ4v) is 1.27. The molecule has 2 atom stereocenters. The number of urea groups is 1. The van der Waals surface area contributed by atoms with Crippen LogP contribution in [0.1, 0.15) is 12.8 Å². The molecule has 0 aromatic rings. The molecule has 0 aromatic heterocycles. The highest BCUT2D eigenvalue weighted by molar-refractivity contribution is 6.29. The molecule has 1 aliphatic heterocycles. The van der Waals surface area contributed by atoms with Crippen molar-refractivity contribution in [1.29, 1.82) is 5.41 Å². The van der Waals surface area contributed by atoms with E-state index >= 15 is 0 Å². The molecule has 0 radical (unpaired) electrons. The molecule has 2 amide bonds. The van der Waals surface area contributed by atoms with E-state index in [0.717, 1.165) is 6.21 Å². The molecule has 1 heterocycles. The topological polar surface area (TPSA) is 121 Å². The monoisotopic (exact) mass is 214 g/mol. The van der Waals surface area contributed by atoms with Crippen LogP contribution in [0, 0.1) is 5.41 Å². The van der Waals surface area contributed by atoms with Gasteiger partial charge in [0.25, 0.3) is 0 Å². The van der Waals surface area contributed by atoms with Crippen LogP contribution in [-0.4, -0.2) is 42.1 Å². The number of nitrogens with one attached hydrogen (secondary N) is 2. The minimum absolute atomic E-state index is 0.0573. The van der Waals surface area contributed by atoms with E-state index in [9.17, 15) is 4.79 Å². The Morgan fingerprint density at radius 3 is 3.00 bits per heavy atom. The van der Waals surface area contributed by atoms with Crippen LogP contribution in [0.4, 0.5) is 4.79 Å². The summed E-state index contributed by atoms with van der Waals surface area (Å²) in [6, 6.07) is -0.639. The third-order valence-electron chi connectivity index (χ3n) is 1.97. The molecule has 1 rings (SSSR count). The predicted octanol–water partition coefficient (Wildman–Crippen LogP) is -0.800. The van der Waals surface area contributed by atoms with Crippen LogP contribution in [-0.2, 0) is 4.74 Å². The lowest BCUT2D eigenvalue weighted by atomic mass is 10.2. The average Bonchev–Trinajstić information content (AvgIpc) is 2.65. The van der Waals surface area contributed by atoms with Crippen LogP contribution >= 0.6 is 0 Å². The number of carbonyl (C=O) groups excluding carboxylic acids is 1. The highest BCUT2D eigenvalue weighted by Gasteiger charge is 2.25. The van der Waals surface area contributed by atoms with E-state index < -0.39 is 12.3 Å². The fourth-order valence-electron chi connectivity index (χ4n) is 1.27. The Hall–Kier alpha value is -1.47. The van der Waals surface area contributed by atoms with Gasteiger partial charge < -0.3 is 26.3 Å². The Labute approximate surface area is 86.8 Å². The molecule has 1 fully saturated rings.